The number of nitrogens with one attached hydrogen (secondary N) is 1. The summed E-state index contributed by atoms with van der Waals surface area (Å²) in [6.07, 6.45) is 0. The summed E-state index contributed by atoms with van der Waals surface area (Å²) in [5, 5.41) is 11.2. The molecule has 1 fully saturated rings. The first-order valence-electron chi connectivity index (χ1n) is 7.92. The fourth-order valence-corrected chi connectivity index (χ4v) is 2.89. The number of carbonyl (C=O) groups is 1. The Balaban J connectivity index is 1.43. The number of carbonyl (C=O) groups excluding carboxylic acids is 1. The van der Waals surface area contributed by atoms with Crippen LogP contribution < -0.4 is 10.1 Å². The number of hydrogen-bond acceptors (Lipinski definition) is 8. The van der Waals surface area contributed by atoms with Gasteiger partial charge in [-0.25, -0.2) is 0 Å². The molecule has 1 aromatic heterocycles. The summed E-state index contributed by atoms with van der Waals surface area (Å²) in [7, 11) is 1.60. The van der Waals surface area contributed by atoms with E-state index in [-0.39, 0.29) is 11.7 Å². The Labute approximate surface area is 149 Å². The van der Waals surface area contributed by atoms with Crippen molar-refractivity contribution in [3.05, 3.63) is 30.2 Å². The molecular formula is C16H20N4O4S. The van der Waals surface area contributed by atoms with Crippen molar-refractivity contribution >= 4 is 23.4 Å². The standard InChI is InChI=1S/C16H20N4O4S/c1-22-13-4-2-12(3-5-13)17-14(21)11-25-16-19-18-15(24-16)10-20-6-8-23-9-7-20/h2-5H,6-11H2,1H3,(H,17,21). The van der Waals surface area contributed by atoms with Crippen LogP contribution in [0, 0.1) is 0 Å². The van der Waals surface area contributed by atoms with Crippen LogP contribution >= 0.6 is 11.8 Å². The molecule has 9 heteroatoms. The molecule has 1 N–H and O–H groups in total. The Morgan fingerprint density at radius 2 is 2.04 bits per heavy atom. The van der Waals surface area contributed by atoms with Crippen LogP contribution in [0.25, 0.3) is 0 Å². The zero-order valence-electron chi connectivity index (χ0n) is 13.9. The highest BCUT2D eigenvalue weighted by Gasteiger charge is 2.15. The highest BCUT2D eigenvalue weighted by molar-refractivity contribution is 7.99. The minimum atomic E-state index is -0.136. The van der Waals surface area contributed by atoms with Gasteiger partial charge in [0, 0.05) is 18.8 Å². The number of benzene rings is 1. The monoisotopic (exact) mass is 364 g/mol. The number of aromatic nitrogens is 2. The summed E-state index contributed by atoms with van der Waals surface area (Å²) in [4.78, 5) is 14.2. The van der Waals surface area contributed by atoms with Gasteiger partial charge in [0.2, 0.25) is 11.8 Å². The maximum absolute atomic E-state index is 12.0. The molecule has 1 aromatic carbocycles. The number of amides is 1. The van der Waals surface area contributed by atoms with E-state index >= 15 is 0 Å². The Morgan fingerprint density at radius 3 is 2.76 bits per heavy atom. The lowest BCUT2D eigenvalue weighted by Crippen LogP contribution is -2.35. The van der Waals surface area contributed by atoms with Gasteiger partial charge in [0.25, 0.3) is 5.22 Å². The summed E-state index contributed by atoms with van der Waals surface area (Å²) in [5.41, 5.74) is 0.713. The molecule has 3 rings (SSSR count). The average molecular weight is 364 g/mol. The van der Waals surface area contributed by atoms with E-state index in [4.69, 9.17) is 13.9 Å². The molecule has 25 heavy (non-hydrogen) atoms. The van der Waals surface area contributed by atoms with Crippen molar-refractivity contribution < 1.29 is 18.7 Å². The predicted molar refractivity (Wildman–Crippen MR) is 92.7 cm³/mol. The summed E-state index contributed by atoms with van der Waals surface area (Å²) in [6.45, 7) is 3.77. The van der Waals surface area contributed by atoms with Gasteiger partial charge >= 0.3 is 0 Å². The molecule has 0 spiro atoms. The van der Waals surface area contributed by atoms with E-state index in [1.807, 2.05) is 0 Å². The van der Waals surface area contributed by atoms with Crippen molar-refractivity contribution in [2.24, 2.45) is 0 Å². The van der Waals surface area contributed by atoms with Crippen LogP contribution in [-0.4, -0.2) is 60.2 Å². The molecule has 0 unspecified atom stereocenters. The molecule has 134 valence electrons. The van der Waals surface area contributed by atoms with E-state index in [2.05, 4.69) is 20.4 Å². The minimum absolute atomic E-state index is 0.136. The molecule has 0 radical (unpaired) electrons. The third-order valence-electron chi connectivity index (χ3n) is 3.61. The number of thioether (sulfide) groups is 1. The number of hydrogen-bond donors (Lipinski definition) is 1. The first kappa shape index (κ1) is 17.7. The van der Waals surface area contributed by atoms with Gasteiger partial charge in [-0.15, -0.1) is 10.2 Å². The van der Waals surface area contributed by atoms with E-state index in [0.29, 0.717) is 23.3 Å². The Morgan fingerprint density at radius 1 is 1.28 bits per heavy atom. The van der Waals surface area contributed by atoms with E-state index in [0.717, 1.165) is 32.1 Å². The molecule has 8 nitrogen and oxygen atoms in total. The van der Waals surface area contributed by atoms with Crippen molar-refractivity contribution in [2.75, 3.05) is 44.5 Å². The lowest BCUT2D eigenvalue weighted by molar-refractivity contribution is -0.113. The van der Waals surface area contributed by atoms with Crippen LogP contribution in [0.3, 0.4) is 0 Å². The van der Waals surface area contributed by atoms with Gasteiger partial charge in [-0.2, -0.15) is 0 Å². The normalized spacial score (nSPS) is 15.1. The molecular weight excluding hydrogens is 344 g/mol. The predicted octanol–water partition coefficient (Wildman–Crippen LogP) is 1.64. The molecule has 1 amide bonds. The van der Waals surface area contributed by atoms with Crippen molar-refractivity contribution in [3.63, 3.8) is 0 Å². The average Bonchev–Trinajstić information content (AvgIpc) is 3.09. The minimum Gasteiger partial charge on any atom is -0.497 e. The first-order valence-corrected chi connectivity index (χ1v) is 8.90. The molecule has 0 bridgehead atoms. The second kappa shape index (κ2) is 8.84. The number of methoxy groups -OCH3 is 1. The fourth-order valence-electron chi connectivity index (χ4n) is 2.31. The zero-order chi connectivity index (χ0) is 17.5. The SMILES string of the molecule is COc1ccc(NC(=O)CSc2nnc(CN3CCOCC3)o2)cc1. The Hall–Kier alpha value is -2.10. The molecule has 0 atom stereocenters. The fraction of sp³-hybridized carbons (Fsp3) is 0.438. The molecule has 1 aliphatic heterocycles. The van der Waals surface area contributed by atoms with Crippen molar-refractivity contribution in [3.8, 4) is 5.75 Å². The van der Waals surface area contributed by atoms with E-state index < -0.39 is 0 Å². The van der Waals surface area contributed by atoms with Crippen LogP contribution in [0.5, 0.6) is 5.75 Å². The quantitative estimate of drug-likeness (QED) is 0.742. The van der Waals surface area contributed by atoms with Gasteiger partial charge in [0.15, 0.2) is 0 Å². The highest BCUT2D eigenvalue weighted by Crippen LogP contribution is 2.19. The maximum Gasteiger partial charge on any atom is 0.277 e. The largest absolute Gasteiger partial charge is 0.497 e. The van der Waals surface area contributed by atoms with E-state index in [1.54, 1.807) is 31.4 Å². The number of nitrogens with zero attached hydrogens (tertiary/aromatic N) is 3. The molecule has 0 aliphatic carbocycles. The summed E-state index contributed by atoms with van der Waals surface area (Å²) in [6, 6.07) is 7.15. The summed E-state index contributed by atoms with van der Waals surface area (Å²) < 4.78 is 16.0. The number of rotatable bonds is 7. The van der Waals surface area contributed by atoms with Crippen molar-refractivity contribution in [1.82, 2.24) is 15.1 Å². The van der Waals surface area contributed by atoms with Crippen LogP contribution in [-0.2, 0) is 16.1 Å². The van der Waals surface area contributed by atoms with Crippen LogP contribution in [0.15, 0.2) is 33.9 Å². The van der Waals surface area contributed by atoms with Crippen LogP contribution in [0.2, 0.25) is 0 Å². The summed E-state index contributed by atoms with van der Waals surface area (Å²) >= 11 is 1.22. The van der Waals surface area contributed by atoms with Crippen molar-refractivity contribution in [2.45, 2.75) is 11.8 Å². The van der Waals surface area contributed by atoms with Gasteiger partial charge in [-0.05, 0) is 24.3 Å². The van der Waals surface area contributed by atoms with E-state index in [1.165, 1.54) is 11.8 Å². The molecule has 1 aliphatic rings. The first-order chi connectivity index (χ1) is 12.2. The smallest absolute Gasteiger partial charge is 0.277 e. The van der Waals surface area contributed by atoms with Gasteiger partial charge in [-0.1, -0.05) is 11.8 Å². The van der Waals surface area contributed by atoms with Gasteiger partial charge in [-0.3, -0.25) is 9.69 Å². The molecule has 1 saturated heterocycles. The Kier molecular flexibility index (Phi) is 6.26. The second-order valence-electron chi connectivity index (χ2n) is 5.42. The van der Waals surface area contributed by atoms with Gasteiger partial charge in [0.1, 0.15) is 5.75 Å². The third kappa shape index (κ3) is 5.45. The highest BCUT2D eigenvalue weighted by atomic mass is 32.2. The summed E-state index contributed by atoms with van der Waals surface area (Å²) in [5.74, 6) is 1.36. The van der Waals surface area contributed by atoms with E-state index in [9.17, 15) is 4.79 Å². The van der Waals surface area contributed by atoms with Crippen molar-refractivity contribution in [1.29, 1.82) is 0 Å². The number of morpholine rings is 1. The van der Waals surface area contributed by atoms with Gasteiger partial charge < -0.3 is 19.2 Å². The zero-order valence-corrected chi connectivity index (χ0v) is 14.8. The lowest BCUT2D eigenvalue weighted by Gasteiger charge is -2.24. The van der Waals surface area contributed by atoms with Gasteiger partial charge in [0.05, 0.1) is 32.6 Å². The molecule has 2 heterocycles. The number of ether oxygens (including phenoxy) is 2. The molecule has 2 aromatic rings. The lowest BCUT2D eigenvalue weighted by atomic mass is 10.3. The number of anilines is 1. The molecule has 0 saturated carbocycles. The Bertz CT molecular complexity index is 686. The second-order valence-corrected chi connectivity index (χ2v) is 6.34. The third-order valence-corrected chi connectivity index (χ3v) is 4.43. The topological polar surface area (TPSA) is 89.7 Å². The maximum atomic E-state index is 12.0. The van der Waals surface area contributed by atoms with Crippen LogP contribution in [0.1, 0.15) is 5.89 Å². The van der Waals surface area contributed by atoms with Crippen LogP contribution in [0.4, 0.5) is 5.69 Å².